The molecule has 0 saturated heterocycles. The third kappa shape index (κ3) is 4.48. The van der Waals surface area contributed by atoms with E-state index in [4.69, 9.17) is 4.74 Å². The SMILES string of the molecule is COC(=O)C1CCC(NC(=O)Cc2ccc(O)cc2)CC1. The second kappa shape index (κ2) is 7.11. The maximum Gasteiger partial charge on any atom is 0.308 e. The molecule has 1 amide bonds. The van der Waals surface area contributed by atoms with Crippen LogP contribution in [0.5, 0.6) is 5.75 Å². The third-order valence-corrected chi connectivity index (χ3v) is 3.93. The first-order valence-electron chi connectivity index (χ1n) is 7.23. The number of nitrogens with one attached hydrogen (secondary N) is 1. The maximum absolute atomic E-state index is 12.0. The van der Waals surface area contributed by atoms with Crippen molar-refractivity contribution in [1.29, 1.82) is 0 Å². The number of carbonyl (C=O) groups excluding carboxylic acids is 2. The molecular weight excluding hydrogens is 270 g/mol. The minimum atomic E-state index is -0.149. The van der Waals surface area contributed by atoms with Crippen LogP contribution in [0.15, 0.2) is 24.3 Å². The van der Waals surface area contributed by atoms with Gasteiger partial charge in [-0.2, -0.15) is 0 Å². The fraction of sp³-hybridized carbons (Fsp3) is 0.500. The van der Waals surface area contributed by atoms with Crippen LogP contribution < -0.4 is 5.32 Å². The third-order valence-electron chi connectivity index (χ3n) is 3.93. The number of benzene rings is 1. The molecule has 114 valence electrons. The molecule has 1 aliphatic carbocycles. The molecular formula is C16H21NO4. The molecule has 21 heavy (non-hydrogen) atoms. The Kier molecular flexibility index (Phi) is 5.20. The number of methoxy groups -OCH3 is 1. The summed E-state index contributed by atoms with van der Waals surface area (Å²) in [7, 11) is 1.41. The van der Waals surface area contributed by atoms with Gasteiger partial charge in [0.15, 0.2) is 0 Å². The number of carbonyl (C=O) groups is 2. The molecule has 1 fully saturated rings. The van der Waals surface area contributed by atoms with Gasteiger partial charge in [-0.1, -0.05) is 12.1 Å². The Bertz CT molecular complexity index is 490. The molecule has 5 heteroatoms. The number of rotatable bonds is 4. The summed E-state index contributed by atoms with van der Waals surface area (Å²) in [6, 6.07) is 6.76. The van der Waals surface area contributed by atoms with Gasteiger partial charge in [0, 0.05) is 6.04 Å². The number of hydrogen-bond acceptors (Lipinski definition) is 4. The molecule has 0 heterocycles. The van der Waals surface area contributed by atoms with Crippen LogP contribution in [-0.4, -0.2) is 30.1 Å². The quantitative estimate of drug-likeness (QED) is 0.829. The lowest BCUT2D eigenvalue weighted by Gasteiger charge is -2.27. The first-order chi connectivity index (χ1) is 10.1. The van der Waals surface area contributed by atoms with Gasteiger partial charge in [-0.3, -0.25) is 9.59 Å². The highest BCUT2D eigenvalue weighted by Crippen LogP contribution is 2.25. The predicted octanol–water partition coefficient (Wildman–Crippen LogP) is 1.78. The highest BCUT2D eigenvalue weighted by atomic mass is 16.5. The molecule has 0 bridgehead atoms. The van der Waals surface area contributed by atoms with E-state index in [9.17, 15) is 14.7 Å². The molecule has 0 atom stereocenters. The van der Waals surface area contributed by atoms with Gasteiger partial charge in [-0.05, 0) is 43.4 Å². The summed E-state index contributed by atoms with van der Waals surface area (Å²) in [5.41, 5.74) is 0.869. The van der Waals surface area contributed by atoms with Crippen LogP contribution in [0.2, 0.25) is 0 Å². The van der Waals surface area contributed by atoms with E-state index in [1.54, 1.807) is 24.3 Å². The lowest BCUT2D eigenvalue weighted by molar-refractivity contribution is -0.146. The van der Waals surface area contributed by atoms with E-state index < -0.39 is 0 Å². The Morgan fingerprint density at radius 2 is 1.81 bits per heavy atom. The smallest absolute Gasteiger partial charge is 0.308 e. The average molecular weight is 291 g/mol. The Labute approximate surface area is 124 Å². The Balaban J connectivity index is 1.76. The van der Waals surface area contributed by atoms with Crippen LogP contribution in [0.4, 0.5) is 0 Å². The summed E-state index contributed by atoms with van der Waals surface area (Å²) in [6.45, 7) is 0. The maximum atomic E-state index is 12.0. The Morgan fingerprint density at radius 3 is 2.38 bits per heavy atom. The molecule has 1 aromatic rings. The van der Waals surface area contributed by atoms with Crippen molar-refractivity contribution in [1.82, 2.24) is 5.32 Å². The second-order valence-corrected chi connectivity index (χ2v) is 5.48. The molecule has 2 rings (SSSR count). The fourth-order valence-corrected chi connectivity index (χ4v) is 2.72. The molecule has 0 radical (unpaired) electrons. The highest BCUT2D eigenvalue weighted by molar-refractivity contribution is 5.79. The van der Waals surface area contributed by atoms with Gasteiger partial charge in [-0.25, -0.2) is 0 Å². The van der Waals surface area contributed by atoms with Gasteiger partial charge in [0.05, 0.1) is 19.4 Å². The molecule has 0 spiro atoms. The van der Waals surface area contributed by atoms with Crippen molar-refractivity contribution in [3.63, 3.8) is 0 Å². The first-order valence-corrected chi connectivity index (χ1v) is 7.23. The van der Waals surface area contributed by atoms with Gasteiger partial charge >= 0.3 is 5.97 Å². The summed E-state index contributed by atoms with van der Waals surface area (Å²) in [5, 5.41) is 12.2. The van der Waals surface area contributed by atoms with Crippen molar-refractivity contribution in [2.24, 2.45) is 5.92 Å². The summed E-state index contributed by atoms with van der Waals surface area (Å²) >= 11 is 0. The second-order valence-electron chi connectivity index (χ2n) is 5.48. The van der Waals surface area contributed by atoms with Gasteiger partial charge in [0.1, 0.15) is 5.75 Å². The Hall–Kier alpha value is -2.04. The summed E-state index contributed by atoms with van der Waals surface area (Å²) in [6.07, 6.45) is 3.44. The zero-order valence-electron chi connectivity index (χ0n) is 12.2. The normalized spacial score (nSPS) is 21.6. The summed E-state index contributed by atoms with van der Waals surface area (Å²) in [4.78, 5) is 23.4. The molecule has 2 N–H and O–H groups in total. The van der Waals surface area contributed by atoms with E-state index in [-0.39, 0.29) is 29.6 Å². The lowest BCUT2D eigenvalue weighted by Crippen LogP contribution is -2.39. The van der Waals surface area contributed by atoms with E-state index in [0.717, 1.165) is 31.2 Å². The van der Waals surface area contributed by atoms with E-state index in [0.29, 0.717) is 6.42 Å². The predicted molar refractivity (Wildman–Crippen MR) is 77.7 cm³/mol. The molecule has 5 nitrogen and oxygen atoms in total. The van der Waals surface area contributed by atoms with E-state index in [1.807, 2.05) is 0 Å². The number of esters is 1. The topological polar surface area (TPSA) is 75.6 Å². The van der Waals surface area contributed by atoms with Crippen molar-refractivity contribution in [3.8, 4) is 5.75 Å². The molecule has 0 unspecified atom stereocenters. The van der Waals surface area contributed by atoms with Crippen LogP contribution in [0.25, 0.3) is 0 Å². The van der Waals surface area contributed by atoms with E-state index in [2.05, 4.69) is 5.32 Å². The van der Waals surface area contributed by atoms with Gasteiger partial charge < -0.3 is 15.2 Å². The molecule has 0 aromatic heterocycles. The van der Waals surface area contributed by atoms with Crippen molar-refractivity contribution >= 4 is 11.9 Å². The van der Waals surface area contributed by atoms with Crippen LogP contribution in [0.1, 0.15) is 31.2 Å². The number of amides is 1. The van der Waals surface area contributed by atoms with Crippen molar-refractivity contribution < 1.29 is 19.4 Å². The molecule has 0 aliphatic heterocycles. The highest BCUT2D eigenvalue weighted by Gasteiger charge is 2.27. The van der Waals surface area contributed by atoms with Gasteiger partial charge in [-0.15, -0.1) is 0 Å². The van der Waals surface area contributed by atoms with Crippen molar-refractivity contribution in [2.75, 3.05) is 7.11 Å². The fourth-order valence-electron chi connectivity index (χ4n) is 2.72. The monoisotopic (exact) mass is 291 g/mol. The summed E-state index contributed by atoms with van der Waals surface area (Å²) in [5.74, 6) is -0.00776. The molecule has 1 aliphatic rings. The number of ether oxygens (including phenoxy) is 1. The number of hydrogen-bond donors (Lipinski definition) is 2. The minimum Gasteiger partial charge on any atom is -0.508 e. The zero-order chi connectivity index (χ0) is 15.2. The first kappa shape index (κ1) is 15.4. The number of phenols is 1. The van der Waals surface area contributed by atoms with Gasteiger partial charge in [0.2, 0.25) is 5.91 Å². The zero-order valence-corrected chi connectivity index (χ0v) is 12.2. The largest absolute Gasteiger partial charge is 0.508 e. The number of phenolic OH excluding ortho intramolecular Hbond substituents is 1. The van der Waals surface area contributed by atoms with Crippen molar-refractivity contribution in [2.45, 2.75) is 38.1 Å². The van der Waals surface area contributed by atoms with Crippen LogP contribution in [0, 0.1) is 5.92 Å². The standard InChI is InChI=1S/C16H21NO4/c1-21-16(20)12-4-6-13(7-5-12)17-15(19)10-11-2-8-14(18)9-3-11/h2-3,8-9,12-13,18H,4-7,10H2,1H3,(H,17,19). The minimum absolute atomic E-state index is 0.0257. The molecule has 1 aromatic carbocycles. The average Bonchev–Trinajstić information content (AvgIpc) is 2.49. The van der Waals surface area contributed by atoms with Crippen LogP contribution in [0.3, 0.4) is 0 Å². The van der Waals surface area contributed by atoms with E-state index >= 15 is 0 Å². The summed E-state index contributed by atoms with van der Waals surface area (Å²) < 4.78 is 4.75. The Morgan fingerprint density at radius 1 is 1.19 bits per heavy atom. The van der Waals surface area contributed by atoms with E-state index in [1.165, 1.54) is 7.11 Å². The number of aromatic hydroxyl groups is 1. The van der Waals surface area contributed by atoms with Crippen molar-refractivity contribution in [3.05, 3.63) is 29.8 Å². The van der Waals surface area contributed by atoms with Gasteiger partial charge in [0.25, 0.3) is 0 Å². The van der Waals surface area contributed by atoms with Crippen LogP contribution in [-0.2, 0) is 20.7 Å². The molecule has 1 saturated carbocycles. The van der Waals surface area contributed by atoms with Crippen LogP contribution >= 0.6 is 0 Å². The lowest BCUT2D eigenvalue weighted by atomic mass is 9.86.